The Bertz CT molecular complexity index is 912. The van der Waals surface area contributed by atoms with Crippen LogP contribution in [-0.2, 0) is 14.8 Å². The normalized spacial score (nSPS) is 19.2. The quantitative estimate of drug-likeness (QED) is 0.769. The first-order chi connectivity index (χ1) is 13.5. The zero-order valence-corrected chi connectivity index (χ0v) is 16.7. The number of amides is 1. The van der Waals surface area contributed by atoms with Gasteiger partial charge in [0.2, 0.25) is 15.9 Å². The fourth-order valence-electron chi connectivity index (χ4n) is 4.08. The second kappa shape index (κ2) is 8.05. The first-order valence-electron chi connectivity index (χ1n) is 9.92. The molecule has 4 rings (SSSR count). The molecule has 150 valence electrons. The van der Waals surface area contributed by atoms with E-state index < -0.39 is 10.0 Å². The summed E-state index contributed by atoms with van der Waals surface area (Å²) >= 11 is 0. The van der Waals surface area contributed by atoms with Crippen LogP contribution in [0.1, 0.15) is 32.1 Å². The second-order valence-electron chi connectivity index (χ2n) is 7.60. The van der Waals surface area contributed by atoms with Gasteiger partial charge in [0, 0.05) is 32.6 Å². The molecule has 8 heteroatoms. The van der Waals surface area contributed by atoms with Crippen LogP contribution in [0.25, 0.3) is 5.69 Å². The minimum Gasteiger partial charge on any atom is -0.340 e. The number of para-hydroxylation sites is 1. The second-order valence-corrected chi connectivity index (χ2v) is 9.53. The molecule has 0 spiro atoms. The van der Waals surface area contributed by atoms with Crippen LogP contribution < -0.4 is 0 Å². The number of benzene rings is 1. The Balaban J connectivity index is 1.38. The van der Waals surface area contributed by atoms with Crippen LogP contribution in [0.15, 0.2) is 47.6 Å². The number of aromatic nitrogens is 2. The number of hydrogen-bond donors (Lipinski definition) is 0. The minimum atomic E-state index is -3.61. The molecule has 1 aliphatic heterocycles. The standard InChI is InChI=1S/C20H26N4O3S/c25-20(14-17-6-4-5-7-17)22-10-12-23(13-11-22)28(26,27)19-15-21-24(16-19)18-8-2-1-3-9-18/h1-3,8-9,15-17H,4-7,10-14H2. The van der Waals surface area contributed by atoms with Gasteiger partial charge in [-0.15, -0.1) is 0 Å². The Labute approximate surface area is 166 Å². The van der Waals surface area contributed by atoms with Crippen molar-refractivity contribution in [3.8, 4) is 5.69 Å². The van der Waals surface area contributed by atoms with Crippen LogP contribution in [-0.4, -0.2) is 59.5 Å². The predicted molar refractivity (Wildman–Crippen MR) is 105 cm³/mol. The van der Waals surface area contributed by atoms with Crippen molar-refractivity contribution in [3.05, 3.63) is 42.7 Å². The van der Waals surface area contributed by atoms with Gasteiger partial charge in [0.15, 0.2) is 0 Å². The summed E-state index contributed by atoms with van der Waals surface area (Å²) in [7, 11) is -3.61. The summed E-state index contributed by atoms with van der Waals surface area (Å²) in [5.41, 5.74) is 0.811. The van der Waals surface area contributed by atoms with E-state index in [0.29, 0.717) is 38.5 Å². The molecule has 2 aromatic rings. The van der Waals surface area contributed by atoms with Gasteiger partial charge in [-0.3, -0.25) is 4.79 Å². The smallest absolute Gasteiger partial charge is 0.246 e. The van der Waals surface area contributed by atoms with Gasteiger partial charge in [0.25, 0.3) is 0 Å². The number of hydrogen-bond acceptors (Lipinski definition) is 4. The molecule has 0 N–H and O–H groups in total. The van der Waals surface area contributed by atoms with Gasteiger partial charge >= 0.3 is 0 Å². The fourth-order valence-corrected chi connectivity index (χ4v) is 5.43. The van der Waals surface area contributed by atoms with Crippen molar-refractivity contribution in [3.63, 3.8) is 0 Å². The summed E-state index contributed by atoms with van der Waals surface area (Å²) in [6.45, 7) is 1.57. The third kappa shape index (κ3) is 3.98. The summed E-state index contributed by atoms with van der Waals surface area (Å²) < 4.78 is 28.9. The average molecular weight is 403 g/mol. The van der Waals surface area contributed by atoms with Crippen molar-refractivity contribution < 1.29 is 13.2 Å². The SMILES string of the molecule is O=C(CC1CCCC1)N1CCN(S(=O)(=O)c2cnn(-c3ccccc3)c2)CC1. The van der Waals surface area contributed by atoms with E-state index in [-0.39, 0.29) is 10.8 Å². The molecule has 1 saturated carbocycles. The number of carbonyl (C=O) groups excluding carboxylic acids is 1. The number of carbonyl (C=O) groups is 1. The van der Waals surface area contributed by atoms with Crippen LogP contribution >= 0.6 is 0 Å². The van der Waals surface area contributed by atoms with E-state index in [9.17, 15) is 13.2 Å². The molecule has 2 fully saturated rings. The minimum absolute atomic E-state index is 0.167. The van der Waals surface area contributed by atoms with Gasteiger partial charge in [-0.1, -0.05) is 31.0 Å². The molecule has 7 nitrogen and oxygen atoms in total. The Hall–Kier alpha value is -2.19. The number of rotatable bonds is 5. The summed E-state index contributed by atoms with van der Waals surface area (Å²) in [4.78, 5) is 14.5. The molecule has 0 radical (unpaired) electrons. The molecule has 0 bridgehead atoms. The molecule has 1 aromatic heterocycles. The van der Waals surface area contributed by atoms with Gasteiger partial charge in [0.05, 0.1) is 18.1 Å². The summed E-state index contributed by atoms with van der Waals surface area (Å²) in [5.74, 6) is 0.680. The highest BCUT2D eigenvalue weighted by atomic mass is 32.2. The summed E-state index contributed by atoms with van der Waals surface area (Å²) in [6, 6.07) is 9.41. The Morgan fingerprint density at radius 3 is 2.39 bits per heavy atom. The van der Waals surface area contributed by atoms with Gasteiger partial charge in [-0.2, -0.15) is 9.40 Å². The lowest BCUT2D eigenvalue weighted by Crippen LogP contribution is -2.50. The number of nitrogens with zero attached hydrogens (tertiary/aromatic N) is 4. The fraction of sp³-hybridized carbons (Fsp3) is 0.500. The van der Waals surface area contributed by atoms with Crippen LogP contribution in [0.2, 0.25) is 0 Å². The van der Waals surface area contributed by atoms with Gasteiger partial charge in [-0.05, 0) is 30.9 Å². The monoisotopic (exact) mass is 402 g/mol. The summed E-state index contributed by atoms with van der Waals surface area (Å²) in [5, 5.41) is 4.19. The largest absolute Gasteiger partial charge is 0.340 e. The van der Waals surface area contributed by atoms with Gasteiger partial charge in [0.1, 0.15) is 4.90 Å². The molecule has 2 heterocycles. The molecule has 1 amide bonds. The molecule has 2 aliphatic rings. The van der Waals surface area contributed by atoms with Gasteiger partial charge in [-0.25, -0.2) is 13.1 Å². The topological polar surface area (TPSA) is 75.5 Å². The summed E-state index contributed by atoms with van der Waals surface area (Å²) in [6.07, 6.45) is 8.27. The van der Waals surface area contributed by atoms with E-state index >= 15 is 0 Å². The van der Waals surface area contributed by atoms with Crippen LogP contribution in [0.4, 0.5) is 0 Å². The van der Waals surface area contributed by atoms with Gasteiger partial charge < -0.3 is 4.90 Å². The Kier molecular flexibility index (Phi) is 5.50. The lowest BCUT2D eigenvalue weighted by atomic mass is 10.0. The maximum Gasteiger partial charge on any atom is 0.246 e. The third-order valence-corrected chi connectivity index (χ3v) is 7.60. The van der Waals surface area contributed by atoms with E-state index in [0.717, 1.165) is 18.5 Å². The lowest BCUT2D eigenvalue weighted by Gasteiger charge is -2.34. The van der Waals surface area contributed by atoms with Crippen LogP contribution in [0.3, 0.4) is 0 Å². The van der Waals surface area contributed by atoms with E-state index in [4.69, 9.17) is 0 Å². The molecule has 28 heavy (non-hydrogen) atoms. The number of sulfonamides is 1. The van der Waals surface area contributed by atoms with Crippen molar-refractivity contribution >= 4 is 15.9 Å². The highest BCUT2D eigenvalue weighted by Gasteiger charge is 2.32. The molecule has 1 aromatic carbocycles. The van der Waals surface area contributed by atoms with Crippen molar-refractivity contribution in [1.29, 1.82) is 0 Å². The van der Waals surface area contributed by atoms with E-state index in [1.807, 2.05) is 35.2 Å². The van der Waals surface area contributed by atoms with Crippen molar-refractivity contribution in [2.24, 2.45) is 5.92 Å². The lowest BCUT2D eigenvalue weighted by molar-refractivity contribution is -0.133. The maximum atomic E-state index is 13.0. The number of piperazine rings is 1. The molecule has 1 saturated heterocycles. The molecule has 1 aliphatic carbocycles. The first-order valence-corrected chi connectivity index (χ1v) is 11.4. The van der Waals surface area contributed by atoms with Crippen molar-refractivity contribution in [2.45, 2.75) is 37.0 Å². The molecule has 0 atom stereocenters. The third-order valence-electron chi connectivity index (χ3n) is 5.75. The molecular weight excluding hydrogens is 376 g/mol. The zero-order valence-electron chi connectivity index (χ0n) is 15.9. The van der Waals surface area contributed by atoms with E-state index in [1.54, 1.807) is 10.9 Å². The molecular formula is C20H26N4O3S. The van der Waals surface area contributed by atoms with Crippen LogP contribution in [0.5, 0.6) is 0 Å². The highest BCUT2D eigenvalue weighted by molar-refractivity contribution is 7.89. The van der Waals surface area contributed by atoms with Crippen molar-refractivity contribution in [2.75, 3.05) is 26.2 Å². The molecule has 0 unspecified atom stereocenters. The Morgan fingerprint density at radius 2 is 1.71 bits per heavy atom. The Morgan fingerprint density at radius 1 is 1.04 bits per heavy atom. The highest BCUT2D eigenvalue weighted by Crippen LogP contribution is 2.28. The maximum absolute atomic E-state index is 13.0. The average Bonchev–Trinajstić information content (AvgIpc) is 3.41. The van der Waals surface area contributed by atoms with Crippen LogP contribution in [0, 0.1) is 5.92 Å². The van der Waals surface area contributed by atoms with E-state index in [1.165, 1.54) is 23.3 Å². The van der Waals surface area contributed by atoms with E-state index in [2.05, 4.69) is 5.10 Å². The predicted octanol–water partition coefficient (Wildman–Crippen LogP) is 2.29. The zero-order chi connectivity index (χ0) is 19.6. The van der Waals surface area contributed by atoms with Crippen molar-refractivity contribution in [1.82, 2.24) is 19.0 Å². The first kappa shape index (κ1) is 19.1.